The van der Waals surface area contributed by atoms with E-state index in [0.717, 1.165) is 28.0 Å². The zero-order valence-corrected chi connectivity index (χ0v) is 14.9. The van der Waals surface area contributed by atoms with Gasteiger partial charge in [-0.2, -0.15) is 0 Å². The molecule has 0 unspecified atom stereocenters. The van der Waals surface area contributed by atoms with Gasteiger partial charge < -0.3 is 14.5 Å². The van der Waals surface area contributed by atoms with E-state index in [1.54, 1.807) is 6.07 Å². The molecule has 4 aromatic rings. The second kappa shape index (κ2) is 7.50. The predicted molar refractivity (Wildman–Crippen MR) is 103 cm³/mol. The molecule has 0 radical (unpaired) electrons. The number of aromatic nitrogens is 2. The molecular weight excluding hydrogens is 343 g/mol. The van der Waals surface area contributed by atoms with Gasteiger partial charge in [-0.1, -0.05) is 24.3 Å². The molecule has 1 N–H and O–H groups in total. The second-order valence-corrected chi connectivity index (χ2v) is 6.12. The summed E-state index contributed by atoms with van der Waals surface area (Å²) in [5.41, 5.74) is 3.57. The van der Waals surface area contributed by atoms with Crippen LogP contribution in [0.1, 0.15) is 12.5 Å². The largest absolute Gasteiger partial charge is 0.490 e. The molecule has 0 aliphatic heterocycles. The maximum absolute atomic E-state index is 13.3. The number of hydrogen-bond donors (Lipinski definition) is 1. The minimum absolute atomic E-state index is 0.266. The van der Waals surface area contributed by atoms with E-state index in [1.165, 1.54) is 12.1 Å². The maximum Gasteiger partial charge on any atom is 0.161 e. The van der Waals surface area contributed by atoms with Gasteiger partial charge in [0.15, 0.2) is 11.5 Å². The lowest BCUT2D eigenvalue weighted by Crippen LogP contribution is -2.00. The van der Waals surface area contributed by atoms with Crippen LogP contribution in [0, 0.1) is 5.82 Å². The van der Waals surface area contributed by atoms with Crippen LogP contribution in [0.4, 0.5) is 4.39 Å². The van der Waals surface area contributed by atoms with E-state index in [9.17, 15) is 4.39 Å². The van der Waals surface area contributed by atoms with Crippen LogP contribution in [0.5, 0.6) is 11.5 Å². The lowest BCUT2D eigenvalue weighted by molar-refractivity contribution is 0.269. The van der Waals surface area contributed by atoms with Crippen molar-refractivity contribution >= 4 is 11.0 Å². The third-order valence-electron chi connectivity index (χ3n) is 4.19. The van der Waals surface area contributed by atoms with E-state index in [-0.39, 0.29) is 12.4 Å². The van der Waals surface area contributed by atoms with E-state index >= 15 is 0 Å². The van der Waals surface area contributed by atoms with Crippen LogP contribution in [0.2, 0.25) is 0 Å². The van der Waals surface area contributed by atoms with Crippen molar-refractivity contribution in [3.63, 3.8) is 0 Å². The number of rotatable bonds is 6. The van der Waals surface area contributed by atoms with Gasteiger partial charge in [-0.25, -0.2) is 9.37 Å². The van der Waals surface area contributed by atoms with Gasteiger partial charge in [-0.05, 0) is 55.0 Å². The number of hydrogen-bond acceptors (Lipinski definition) is 3. The normalized spacial score (nSPS) is 10.9. The van der Waals surface area contributed by atoms with Crippen LogP contribution in [0.25, 0.3) is 22.4 Å². The zero-order chi connectivity index (χ0) is 18.6. The maximum atomic E-state index is 13.3. The number of ether oxygens (including phenoxy) is 2. The Balaban J connectivity index is 1.61. The number of imidazole rings is 1. The lowest BCUT2D eigenvalue weighted by atomic mass is 10.2. The molecule has 0 saturated heterocycles. The first kappa shape index (κ1) is 17.1. The van der Waals surface area contributed by atoms with Crippen molar-refractivity contribution in [2.75, 3.05) is 6.61 Å². The fourth-order valence-electron chi connectivity index (χ4n) is 2.92. The Kier molecular flexibility index (Phi) is 4.75. The summed E-state index contributed by atoms with van der Waals surface area (Å²) in [5.74, 6) is 1.74. The summed E-state index contributed by atoms with van der Waals surface area (Å²) in [6.07, 6.45) is 0. The van der Waals surface area contributed by atoms with Gasteiger partial charge in [0.2, 0.25) is 0 Å². The molecule has 0 bridgehead atoms. The molecule has 3 aromatic carbocycles. The number of halogens is 1. The minimum Gasteiger partial charge on any atom is -0.490 e. The number of fused-ring (bicyclic) bond motifs is 1. The Hall–Kier alpha value is -3.34. The summed E-state index contributed by atoms with van der Waals surface area (Å²) >= 11 is 0. The van der Waals surface area contributed by atoms with E-state index < -0.39 is 0 Å². The summed E-state index contributed by atoms with van der Waals surface area (Å²) in [6.45, 7) is 2.70. The Labute approximate surface area is 156 Å². The first-order chi connectivity index (χ1) is 13.2. The Morgan fingerprint density at radius 3 is 2.63 bits per heavy atom. The monoisotopic (exact) mass is 362 g/mol. The molecular formula is C22H19FN2O2. The zero-order valence-electron chi connectivity index (χ0n) is 14.9. The fourth-order valence-corrected chi connectivity index (χ4v) is 2.92. The Morgan fingerprint density at radius 1 is 0.926 bits per heavy atom. The van der Waals surface area contributed by atoms with Crippen molar-refractivity contribution < 1.29 is 13.9 Å². The van der Waals surface area contributed by atoms with Gasteiger partial charge in [-0.15, -0.1) is 0 Å². The number of benzene rings is 3. The van der Waals surface area contributed by atoms with Crippen molar-refractivity contribution in [1.29, 1.82) is 0 Å². The lowest BCUT2D eigenvalue weighted by Gasteiger charge is -2.13. The topological polar surface area (TPSA) is 47.1 Å². The van der Waals surface area contributed by atoms with E-state index in [4.69, 9.17) is 9.47 Å². The highest BCUT2D eigenvalue weighted by molar-refractivity contribution is 5.79. The summed E-state index contributed by atoms with van der Waals surface area (Å²) < 4.78 is 24.9. The molecule has 0 saturated carbocycles. The van der Waals surface area contributed by atoms with E-state index in [0.29, 0.717) is 18.1 Å². The third kappa shape index (κ3) is 3.77. The highest BCUT2D eigenvalue weighted by Crippen LogP contribution is 2.33. The van der Waals surface area contributed by atoms with Gasteiger partial charge in [0, 0.05) is 5.56 Å². The smallest absolute Gasteiger partial charge is 0.161 e. The first-order valence-electron chi connectivity index (χ1n) is 8.82. The summed E-state index contributed by atoms with van der Waals surface area (Å²) in [4.78, 5) is 7.94. The number of aromatic amines is 1. The van der Waals surface area contributed by atoms with Gasteiger partial charge >= 0.3 is 0 Å². The number of para-hydroxylation sites is 2. The second-order valence-electron chi connectivity index (χ2n) is 6.12. The van der Waals surface area contributed by atoms with Crippen LogP contribution in [0.15, 0.2) is 66.7 Å². The van der Waals surface area contributed by atoms with Gasteiger partial charge in [-0.3, -0.25) is 0 Å². The molecule has 5 heteroatoms. The van der Waals surface area contributed by atoms with Crippen molar-refractivity contribution in [2.24, 2.45) is 0 Å². The highest BCUT2D eigenvalue weighted by atomic mass is 19.1. The molecule has 0 aliphatic carbocycles. The van der Waals surface area contributed by atoms with Crippen LogP contribution in [-0.4, -0.2) is 16.6 Å². The van der Waals surface area contributed by atoms with Crippen molar-refractivity contribution in [2.45, 2.75) is 13.5 Å². The van der Waals surface area contributed by atoms with E-state index in [1.807, 2.05) is 55.5 Å². The average Bonchev–Trinajstić information content (AvgIpc) is 3.11. The average molecular weight is 362 g/mol. The molecule has 0 aliphatic rings. The summed E-state index contributed by atoms with van der Waals surface area (Å²) in [5, 5.41) is 0. The van der Waals surface area contributed by atoms with Crippen LogP contribution in [0.3, 0.4) is 0 Å². The van der Waals surface area contributed by atoms with Gasteiger partial charge in [0.25, 0.3) is 0 Å². The Morgan fingerprint density at radius 2 is 1.81 bits per heavy atom. The fraction of sp³-hybridized carbons (Fsp3) is 0.136. The predicted octanol–water partition coefficient (Wildman–Crippen LogP) is 5.35. The van der Waals surface area contributed by atoms with Crippen molar-refractivity contribution in [1.82, 2.24) is 9.97 Å². The third-order valence-corrected chi connectivity index (χ3v) is 4.19. The number of nitrogens with zero attached hydrogens (tertiary/aromatic N) is 1. The summed E-state index contributed by atoms with van der Waals surface area (Å²) in [6, 6.07) is 20.0. The first-order valence-corrected chi connectivity index (χ1v) is 8.82. The molecule has 0 fully saturated rings. The standard InChI is InChI=1S/C22H19FN2O2/c1-2-26-21-13-16(22-24-18-8-3-4-9-19(18)25-22)10-11-20(21)27-14-15-6-5-7-17(23)12-15/h3-13H,2,14H2,1H3,(H,24,25). The minimum atomic E-state index is -0.277. The molecule has 0 amide bonds. The molecule has 1 aromatic heterocycles. The van der Waals surface area contributed by atoms with Crippen LogP contribution >= 0.6 is 0 Å². The van der Waals surface area contributed by atoms with Gasteiger partial charge in [0.1, 0.15) is 18.2 Å². The SMILES string of the molecule is CCOc1cc(-c2nc3ccccc3[nH]2)ccc1OCc1cccc(F)c1. The Bertz CT molecular complexity index is 1040. The quantitative estimate of drug-likeness (QED) is 0.503. The van der Waals surface area contributed by atoms with E-state index in [2.05, 4.69) is 9.97 Å². The van der Waals surface area contributed by atoms with Crippen LogP contribution in [-0.2, 0) is 6.61 Å². The number of nitrogens with one attached hydrogen (secondary N) is 1. The van der Waals surface area contributed by atoms with Crippen molar-refractivity contribution in [3.8, 4) is 22.9 Å². The highest BCUT2D eigenvalue weighted by Gasteiger charge is 2.11. The number of H-pyrrole nitrogens is 1. The summed E-state index contributed by atoms with van der Waals surface area (Å²) in [7, 11) is 0. The van der Waals surface area contributed by atoms with Crippen molar-refractivity contribution in [3.05, 3.63) is 78.1 Å². The molecule has 27 heavy (non-hydrogen) atoms. The molecule has 1 heterocycles. The molecule has 4 rings (SSSR count). The molecule has 0 atom stereocenters. The molecule has 0 spiro atoms. The van der Waals surface area contributed by atoms with Crippen LogP contribution < -0.4 is 9.47 Å². The molecule has 136 valence electrons. The van der Waals surface area contributed by atoms with Gasteiger partial charge in [0.05, 0.1) is 17.6 Å². The molecule has 4 nitrogen and oxygen atoms in total.